The first kappa shape index (κ1) is 27.5. The number of para-hydroxylation sites is 4. The van der Waals surface area contributed by atoms with Crippen LogP contribution in [0.5, 0.6) is 0 Å². The lowest BCUT2D eigenvalue weighted by atomic mass is 10.2. The van der Waals surface area contributed by atoms with Gasteiger partial charge >= 0.3 is 0 Å². The third-order valence-corrected chi connectivity index (χ3v) is 6.13. The molecule has 0 radical (unpaired) electrons. The van der Waals surface area contributed by atoms with Gasteiger partial charge in [0.25, 0.3) is 23.6 Å². The summed E-state index contributed by atoms with van der Waals surface area (Å²) in [5.41, 5.74) is 2.49. The molecule has 0 aliphatic carbocycles. The van der Waals surface area contributed by atoms with Crippen molar-refractivity contribution >= 4 is 46.4 Å². The fourth-order valence-corrected chi connectivity index (χ4v) is 4.03. The van der Waals surface area contributed by atoms with Gasteiger partial charge in [-0.2, -0.15) is 0 Å². The van der Waals surface area contributed by atoms with Gasteiger partial charge in [0.2, 0.25) is 0 Å². The van der Waals surface area contributed by atoms with Crippen LogP contribution >= 0.6 is 0 Å². The molecule has 0 spiro atoms. The largest absolute Gasteiger partial charge is 0.320 e. The molecule has 4 aromatic carbocycles. The minimum Gasteiger partial charge on any atom is -0.320 e. The molecule has 1 heterocycles. The van der Waals surface area contributed by atoms with Crippen LogP contribution in [0.2, 0.25) is 0 Å². The summed E-state index contributed by atoms with van der Waals surface area (Å²) < 4.78 is 0. The summed E-state index contributed by atoms with van der Waals surface area (Å²) in [6, 6.07) is 35.5. The molecule has 0 aliphatic heterocycles. The standard InChI is InChI=1S/C33H25N5O4/c39-30(22-12-3-1-4-13-22)35-24-16-7-9-18-26(24)37-32(41)28-20-11-21-29(34-28)33(42)38-27-19-10-8-17-25(27)36-31(40)23-14-5-2-6-15-23/h1-21H,(H,35,39)(H,36,40)(H,37,41)(H,38,42). The molecule has 0 bridgehead atoms. The number of hydrogen-bond acceptors (Lipinski definition) is 5. The van der Waals surface area contributed by atoms with E-state index in [2.05, 4.69) is 26.3 Å². The number of hydrogen-bond donors (Lipinski definition) is 4. The molecular weight excluding hydrogens is 530 g/mol. The monoisotopic (exact) mass is 555 g/mol. The Balaban J connectivity index is 1.28. The van der Waals surface area contributed by atoms with Crippen LogP contribution in [0.4, 0.5) is 22.7 Å². The summed E-state index contributed by atoms with van der Waals surface area (Å²) >= 11 is 0. The first-order valence-corrected chi connectivity index (χ1v) is 13.0. The van der Waals surface area contributed by atoms with Gasteiger partial charge in [0.1, 0.15) is 11.4 Å². The SMILES string of the molecule is O=C(Nc1ccccc1NC(=O)c1cccc(C(=O)Nc2ccccc2NC(=O)c2ccccc2)n1)c1ccccc1. The van der Waals surface area contributed by atoms with Gasteiger partial charge in [0.05, 0.1) is 22.7 Å². The van der Waals surface area contributed by atoms with Crippen molar-refractivity contribution in [3.8, 4) is 0 Å². The number of carbonyl (C=O) groups is 4. The van der Waals surface area contributed by atoms with Gasteiger partial charge in [-0.05, 0) is 60.7 Å². The van der Waals surface area contributed by atoms with Gasteiger partial charge in [-0.15, -0.1) is 0 Å². The van der Waals surface area contributed by atoms with Crippen LogP contribution in [0, 0.1) is 0 Å². The van der Waals surface area contributed by atoms with Crippen molar-refractivity contribution in [1.82, 2.24) is 4.98 Å². The van der Waals surface area contributed by atoms with Crippen molar-refractivity contribution in [3.05, 3.63) is 150 Å². The molecule has 1 aromatic heterocycles. The second kappa shape index (κ2) is 12.8. The Morgan fingerprint density at radius 3 is 1.02 bits per heavy atom. The number of benzene rings is 4. The number of nitrogens with one attached hydrogen (secondary N) is 4. The molecule has 0 saturated heterocycles. The van der Waals surface area contributed by atoms with Crippen LogP contribution in [-0.4, -0.2) is 28.6 Å². The van der Waals surface area contributed by atoms with Crippen LogP contribution in [0.3, 0.4) is 0 Å². The molecule has 42 heavy (non-hydrogen) atoms. The number of anilines is 4. The van der Waals surface area contributed by atoms with E-state index in [-0.39, 0.29) is 23.2 Å². The zero-order chi connectivity index (χ0) is 29.3. The summed E-state index contributed by atoms with van der Waals surface area (Å²) in [5.74, 6) is -1.79. The van der Waals surface area contributed by atoms with Crippen LogP contribution in [-0.2, 0) is 0 Å². The second-order valence-corrected chi connectivity index (χ2v) is 9.05. The second-order valence-electron chi connectivity index (χ2n) is 9.05. The molecule has 0 saturated carbocycles. The summed E-state index contributed by atoms with van der Waals surface area (Å²) in [5, 5.41) is 11.1. The van der Waals surface area contributed by atoms with Crippen molar-refractivity contribution in [3.63, 3.8) is 0 Å². The van der Waals surface area contributed by atoms with Gasteiger partial charge in [-0.25, -0.2) is 4.98 Å². The van der Waals surface area contributed by atoms with Crippen LogP contribution in [0.1, 0.15) is 41.7 Å². The Labute approximate surface area is 241 Å². The number of amides is 4. The van der Waals surface area contributed by atoms with E-state index in [1.807, 2.05) is 12.1 Å². The Hall–Kier alpha value is -6.09. The molecule has 0 aliphatic rings. The molecule has 9 heteroatoms. The topological polar surface area (TPSA) is 129 Å². The highest BCUT2D eigenvalue weighted by molar-refractivity contribution is 6.11. The molecule has 9 nitrogen and oxygen atoms in total. The van der Waals surface area contributed by atoms with E-state index in [0.717, 1.165) is 0 Å². The van der Waals surface area contributed by atoms with E-state index in [9.17, 15) is 19.2 Å². The maximum atomic E-state index is 13.1. The Bertz CT molecular complexity index is 1630. The third-order valence-electron chi connectivity index (χ3n) is 6.13. The smallest absolute Gasteiger partial charge is 0.274 e. The third kappa shape index (κ3) is 6.72. The molecule has 5 aromatic rings. The molecule has 0 unspecified atom stereocenters. The number of pyridine rings is 1. The molecule has 4 N–H and O–H groups in total. The highest BCUT2D eigenvalue weighted by atomic mass is 16.2. The lowest BCUT2D eigenvalue weighted by Gasteiger charge is -2.13. The highest BCUT2D eigenvalue weighted by Crippen LogP contribution is 2.24. The van der Waals surface area contributed by atoms with Crippen molar-refractivity contribution in [2.24, 2.45) is 0 Å². The molecule has 206 valence electrons. The van der Waals surface area contributed by atoms with Crippen LogP contribution in [0.25, 0.3) is 0 Å². The zero-order valence-electron chi connectivity index (χ0n) is 22.2. The van der Waals surface area contributed by atoms with E-state index in [1.165, 1.54) is 12.1 Å². The van der Waals surface area contributed by atoms with Crippen molar-refractivity contribution in [2.75, 3.05) is 21.3 Å². The maximum Gasteiger partial charge on any atom is 0.274 e. The summed E-state index contributed by atoms with van der Waals surface area (Å²) in [7, 11) is 0. The minimum absolute atomic E-state index is 0.00231. The molecule has 4 amide bonds. The lowest BCUT2D eigenvalue weighted by Crippen LogP contribution is -2.20. The number of rotatable bonds is 8. The van der Waals surface area contributed by atoms with Gasteiger partial charge in [0, 0.05) is 11.1 Å². The number of aromatic nitrogens is 1. The number of carbonyl (C=O) groups excluding carboxylic acids is 4. The highest BCUT2D eigenvalue weighted by Gasteiger charge is 2.17. The van der Waals surface area contributed by atoms with Crippen molar-refractivity contribution in [1.29, 1.82) is 0 Å². The Morgan fingerprint density at radius 1 is 0.357 bits per heavy atom. The summed E-state index contributed by atoms with van der Waals surface area (Å²) in [6.07, 6.45) is 0. The van der Waals surface area contributed by atoms with E-state index >= 15 is 0 Å². The average molecular weight is 556 g/mol. The fraction of sp³-hybridized carbons (Fsp3) is 0. The van der Waals surface area contributed by atoms with Crippen molar-refractivity contribution in [2.45, 2.75) is 0 Å². The van der Waals surface area contributed by atoms with Gasteiger partial charge in [-0.1, -0.05) is 66.7 Å². The maximum absolute atomic E-state index is 13.1. The average Bonchev–Trinajstić information content (AvgIpc) is 3.03. The summed E-state index contributed by atoms with van der Waals surface area (Å²) in [6.45, 7) is 0. The van der Waals surface area contributed by atoms with E-state index in [1.54, 1.807) is 103 Å². The van der Waals surface area contributed by atoms with E-state index in [4.69, 9.17) is 0 Å². The summed E-state index contributed by atoms with van der Waals surface area (Å²) in [4.78, 5) is 55.7. The number of nitrogens with zero attached hydrogens (tertiary/aromatic N) is 1. The normalized spacial score (nSPS) is 10.3. The molecule has 5 rings (SSSR count). The minimum atomic E-state index is -0.568. The Kier molecular flexibility index (Phi) is 8.40. The van der Waals surface area contributed by atoms with Gasteiger partial charge in [0.15, 0.2) is 0 Å². The predicted octanol–water partition coefficient (Wildman–Crippen LogP) is 6.09. The fourth-order valence-electron chi connectivity index (χ4n) is 4.03. The van der Waals surface area contributed by atoms with Crippen molar-refractivity contribution < 1.29 is 19.2 Å². The molecular formula is C33H25N5O4. The van der Waals surface area contributed by atoms with Crippen LogP contribution < -0.4 is 21.3 Å². The first-order chi connectivity index (χ1) is 20.5. The molecule has 0 atom stereocenters. The lowest BCUT2D eigenvalue weighted by molar-refractivity contribution is 0.100. The van der Waals surface area contributed by atoms with Gasteiger partial charge in [-0.3, -0.25) is 19.2 Å². The van der Waals surface area contributed by atoms with Crippen LogP contribution in [0.15, 0.2) is 127 Å². The van der Waals surface area contributed by atoms with E-state index < -0.39 is 11.8 Å². The predicted molar refractivity (Wildman–Crippen MR) is 162 cm³/mol. The molecule has 0 fully saturated rings. The van der Waals surface area contributed by atoms with E-state index in [0.29, 0.717) is 33.9 Å². The zero-order valence-corrected chi connectivity index (χ0v) is 22.2. The quantitative estimate of drug-likeness (QED) is 0.184. The first-order valence-electron chi connectivity index (χ1n) is 13.0. The Morgan fingerprint density at radius 2 is 0.667 bits per heavy atom. The van der Waals surface area contributed by atoms with Gasteiger partial charge < -0.3 is 21.3 Å².